The van der Waals surface area contributed by atoms with Gasteiger partial charge >= 0.3 is 0 Å². The van der Waals surface area contributed by atoms with Gasteiger partial charge in [0.15, 0.2) is 11.6 Å². The Kier molecular flexibility index (Phi) is 3.81. The first-order chi connectivity index (χ1) is 8.16. The third-order valence-electron chi connectivity index (χ3n) is 3.07. The summed E-state index contributed by atoms with van der Waals surface area (Å²) >= 11 is 0. The van der Waals surface area contributed by atoms with Gasteiger partial charge in [0.05, 0.1) is 18.3 Å². The average Bonchev–Trinajstić information content (AvgIpc) is 2.32. The highest BCUT2D eigenvalue weighted by molar-refractivity contribution is 5.97. The third-order valence-corrected chi connectivity index (χ3v) is 3.07. The molecular formula is C12H16FN3O. The molecule has 0 spiro atoms. The fraction of sp³-hybridized carbons (Fsp3) is 0.500. The van der Waals surface area contributed by atoms with E-state index in [1.165, 1.54) is 12.3 Å². The molecule has 5 heteroatoms. The van der Waals surface area contributed by atoms with Crippen LogP contribution < -0.4 is 5.73 Å². The zero-order chi connectivity index (χ0) is 12.3. The number of nitrogens with two attached hydrogens (primary N) is 1. The maximum Gasteiger partial charge on any atom is 0.179 e. The van der Waals surface area contributed by atoms with Crippen molar-refractivity contribution in [2.45, 2.75) is 18.9 Å². The fourth-order valence-corrected chi connectivity index (χ4v) is 2.00. The molecule has 1 fully saturated rings. The Bertz CT molecular complexity index is 402. The summed E-state index contributed by atoms with van der Waals surface area (Å²) in [6.45, 7) is 1.87. The number of rotatable bonds is 3. The highest BCUT2D eigenvalue weighted by Crippen LogP contribution is 2.11. The van der Waals surface area contributed by atoms with Gasteiger partial charge in [0.25, 0.3) is 0 Å². The summed E-state index contributed by atoms with van der Waals surface area (Å²) in [6, 6.07) is 1.66. The van der Waals surface area contributed by atoms with E-state index in [4.69, 9.17) is 5.73 Å². The van der Waals surface area contributed by atoms with Crippen LogP contribution in [0.15, 0.2) is 18.5 Å². The minimum absolute atomic E-state index is 0.120. The van der Waals surface area contributed by atoms with E-state index in [1.54, 1.807) is 0 Å². The molecular weight excluding hydrogens is 221 g/mol. The molecule has 17 heavy (non-hydrogen) atoms. The second kappa shape index (κ2) is 5.33. The first kappa shape index (κ1) is 12.1. The predicted molar refractivity (Wildman–Crippen MR) is 62.2 cm³/mol. The maximum absolute atomic E-state index is 13.3. The van der Waals surface area contributed by atoms with Gasteiger partial charge in [-0.3, -0.25) is 14.7 Å². The number of aromatic nitrogens is 1. The van der Waals surface area contributed by atoms with Crippen molar-refractivity contribution in [1.82, 2.24) is 9.88 Å². The molecule has 0 amide bonds. The third kappa shape index (κ3) is 3.08. The molecule has 92 valence electrons. The Morgan fingerprint density at radius 1 is 1.53 bits per heavy atom. The second-order valence-electron chi connectivity index (χ2n) is 4.39. The quantitative estimate of drug-likeness (QED) is 0.791. The standard InChI is InChI=1S/C12H16FN3O/c13-11-7-15-4-1-10(11)12(17)8-16-5-2-9(14)3-6-16/h1,4,7,9H,2-3,5-6,8,14H2. The maximum atomic E-state index is 13.3. The van der Waals surface area contributed by atoms with Gasteiger partial charge < -0.3 is 5.73 Å². The molecule has 1 aromatic rings. The summed E-state index contributed by atoms with van der Waals surface area (Å²) in [5.74, 6) is -0.744. The molecule has 2 heterocycles. The molecule has 1 saturated heterocycles. The van der Waals surface area contributed by atoms with Crippen molar-refractivity contribution in [3.05, 3.63) is 29.8 Å². The Balaban J connectivity index is 1.96. The number of hydrogen-bond acceptors (Lipinski definition) is 4. The lowest BCUT2D eigenvalue weighted by Crippen LogP contribution is -2.42. The van der Waals surface area contributed by atoms with Crippen LogP contribution in [0, 0.1) is 5.82 Å². The van der Waals surface area contributed by atoms with E-state index in [1.807, 2.05) is 4.90 Å². The van der Waals surface area contributed by atoms with Crippen LogP contribution in [0.2, 0.25) is 0 Å². The highest BCUT2D eigenvalue weighted by Gasteiger charge is 2.20. The van der Waals surface area contributed by atoms with E-state index in [9.17, 15) is 9.18 Å². The molecule has 1 aliphatic heterocycles. The van der Waals surface area contributed by atoms with Gasteiger partial charge in [-0.1, -0.05) is 0 Å². The molecule has 0 aliphatic carbocycles. The number of halogens is 1. The van der Waals surface area contributed by atoms with Crippen LogP contribution in [0.1, 0.15) is 23.2 Å². The molecule has 0 saturated carbocycles. The molecule has 2 N–H and O–H groups in total. The lowest BCUT2D eigenvalue weighted by Gasteiger charge is -2.29. The van der Waals surface area contributed by atoms with Crippen molar-refractivity contribution in [1.29, 1.82) is 0 Å². The first-order valence-electron chi connectivity index (χ1n) is 5.77. The van der Waals surface area contributed by atoms with Crippen LogP contribution in [0.4, 0.5) is 4.39 Å². The van der Waals surface area contributed by atoms with E-state index in [-0.39, 0.29) is 23.9 Å². The van der Waals surface area contributed by atoms with Crippen molar-refractivity contribution < 1.29 is 9.18 Å². The number of hydrogen-bond donors (Lipinski definition) is 1. The normalized spacial score (nSPS) is 18.2. The Hall–Kier alpha value is -1.33. The molecule has 0 unspecified atom stereocenters. The second-order valence-corrected chi connectivity index (χ2v) is 4.39. The van der Waals surface area contributed by atoms with Crippen molar-refractivity contribution in [2.75, 3.05) is 19.6 Å². The van der Waals surface area contributed by atoms with Crippen molar-refractivity contribution in [3.63, 3.8) is 0 Å². The number of carbonyl (C=O) groups excluding carboxylic acids is 1. The van der Waals surface area contributed by atoms with Gasteiger partial charge in [0, 0.05) is 25.3 Å². The molecule has 0 radical (unpaired) electrons. The van der Waals surface area contributed by atoms with Gasteiger partial charge in [-0.15, -0.1) is 0 Å². The summed E-state index contributed by atoms with van der Waals surface area (Å²) in [5, 5.41) is 0. The number of Topliss-reactive ketones (excluding diaryl/α,β-unsaturated/α-hetero) is 1. The van der Waals surface area contributed by atoms with Crippen molar-refractivity contribution >= 4 is 5.78 Å². The smallest absolute Gasteiger partial charge is 0.179 e. The predicted octanol–water partition coefficient (Wildman–Crippen LogP) is 0.826. The largest absolute Gasteiger partial charge is 0.328 e. The number of ketones is 1. The zero-order valence-corrected chi connectivity index (χ0v) is 9.60. The molecule has 4 nitrogen and oxygen atoms in total. The summed E-state index contributed by atoms with van der Waals surface area (Å²) in [4.78, 5) is 17.5. The average molecular weight is 237 g/mol. The van der Waals surface area contributed by atoms with Gasteiger partial charge in [-0.25, -0.2) is 4.39 Å². The SMILES string of the molecule is NC1CCN(CC(=O)c2ccncc2F)CC1. The van der Waals surface area contributed by atoms with Gasteiger partial charge in [-0.2, -0.15) is 0 Å². The lowest BCUT2D eigenvalue weighted by molar-refractivity contribution is 0.0905. The molecule has 0 aromatic carbocycles. The summed E-state index contributed by atoms with van der Waals surface area (Å²) in [7, 11) is 0. The first-order valence-corrected chi connectivity index (χ1v) is 5.77. The molecule has 1 aromatic heterocycles. The minimum Gasteiger partial charge on any atom is -0.328 e. The van der Waals surface area contributed by atoms with Gasteiger partial charge in [0.2, 0.25) is 0 Å². The number of pyridine rings is 1. The van der Waals surface area contributed by atoms with Gasteiger partial charge in [-0.05, 0) is 18.9 Å². The highest BCUT2D eigenvalue weighted by atomic mass is 19.1. The zero-order valence-electron chi connectivity index (χ0n) is 9.60. The molecule has 1 aliphatic rings. The number of likely N-dealkylation sites (tertiary alicyclic amines) is 1. The van der Waals surface area contributed by atoms with E-state index in [2.05, 4.69) is 4.98 Å². The van der Waals surface area contributed by atoms with E-state index >= 15 is 0 Å². The van der Waals surface area contributed by atoms with Gasteiger partial charge in [0.1, 0.15) is 0 Å². The Morgan fingerprint density at radius 3 is 2.88 bits per heavy atom. The van der Waals surface area contributed by atoms with Crippen LogP contribution >= 0.6 is 0 Å². The van der Waals surface area contributed by atoms with E-state index in [0.717, 1.165) is 32.1 Å². The monoisotopic (exact) mass is 237 g/mol. The van der Waals surface area contributed by atoms with Crippen LogP contribution in [0.3, 0.4) is 0 Å². The van der Waals surface area contributed by atoms with E-state index < -0.39 is 5.82 Å². The van der Waals surface area contributed by atoms with Crippen LogP contribution in [0.5, 0.6) is 0 Å². The number of carbonyl (C=O) groups is 1. The van der Waals surface area contributed by atoms with E-state index in [0.29, 0.717) is 0 Å². The number of piperidine rings is 1. The van der Waals surface area contributed by atoms with Crippen LogP contribution in [-0.4, -0.2) is 41.3 Å². The van der Waals surface area contributed by atoms with Crippen molar-refractivity contribution in [2.24, 2.45) is 5.73 Å². The Morgan fingerprint density at radius 2 is 2.24 bits per heavy atom. The summed E-state index contributed by atoms with van der Waals surface area (Å²) in [6.07, 6.45) is 4.29. The summed E-state index contributed by atoms with van der Waals surface area (Å²) < 4.78 is 13.3. The topological polar surface area (TPSA) is 59.2 Å². The Labute approximate surface area is 99.6 Å². The lowest BCUT2D eigenvalue weighted by atomic mass is 10.0. The number of nitrogens with zero attached hydrogens (tertiary/aromatic N) is 2. The fourth-order valence-electron chi connectivity index (χ4n) is 2.00. The molecule has 2 rings (SSSR count). The van der Waals surface area contributed by atoms with Crippen molar-refractivity contribution in [3.8, 4) is 0 Å². The van der Waals surface area contributed by atoms with Crippen LogP contribution in [-0.2, 0) is 0 Å². The minimum atomic E-state index is -0.550. The molecule has 0 bridgehead atoms. The summed E-state index contributed by atoms with van der Waals surface area (Å²) in [5.41, 5.74) is 5.90. The van der Waals surface area contributed by atoms with Crippen LogP contribution in [0.25, 0.3) is 0 Å². The molecule has 0 atom stereocenters.